The van der Waals surface area contributed by atoms with Crippen molar-refractivity contribution >= 4 is 11.8 Å². The highest BCUT2D eigenvalue weighted by atomic mass is 16.2. The number of unbranched alkanes of at least 4 members (excludes halogenated alkanes) is 4. The summed E-state index contributed by atoms with van der Waals surface area (Å²) in [5, 5.41) is 2.57. The van der Waals surface area contributed by atoms with Gasteiger partial charge in [-0.25, -0.2) is 0 Å². The zero-order valence-electron chi connectivity index (χ0n) is 12.1. The minimum atomic E-state index is -0.313. The van der Waals surface area contributed by atoms with Gasteiger partial charge < -0.3 is 11.1 Å². The van der Waals surface area contributed by atoms with E-state index in [9.17, 15) is 9.59 Å². The Bertz CT molecular complexity index is 257. The fourth-order valence-electron chi connectivity index (χ4n) is 1.52. The number of nitrogens with one attached hydrogen (secondary N) is 1. The third-order valence-corrected chi connectivity index (χ3v) is 3.25. The van der Waals surface area contributed by atoms with Gasteiger partial charge in [-0.05, 0) is 6.42 Å². The van der Waals surface area contributed by atoms with E-state index < -0.39 is 0 Å². The molecule has 0 unspecified atom stereocenters. The molecule has 0 aliphatic carbocycles. The van der Waals surface area contributed by atoms with Gasteiger partial charge in [-0.3, -0.25) is 9.59 Å². The molecule has 0 aromatic carbocycles. The number of carbonyl (C=O) groups is 2. The topological polar surface area (TPSA) is 72.2 Å². The maximum Gasteiger partial charge on any atom is 0.223 e. The smallest absolute Gasteiger partial charge is 0.223 e. The second-order valence-electron chi connectivity index (χ2n) is 5.51. The highest BCUT2D eigenvalue weighted by molar-refractivity contribution is 5.81. The number of rotatable bonds is 7. The molecular formula is C14H28N2O2. The lowest BCUT2D eigenvalue weighted by Crippen LogP contribution is -2.37. The van der Waals surface area contributed by atoms with Crippen molar-refractivity contribution in [2.24, 2.45) is 11.1 Å². The lowest BCUT2D eigenvalue weighted by molar-refractivity contribution is -0.126. The van der Waals surface area contributed by atoms with Crippen molar-refractivity contribution in [1.29, 1.82) is 0 Å². The van der Waals surface area contributed by atoms with Crippen LogP contribution in [0, 0.1) is 5.41 Å². The van der Waals surface area contributed by atoms with Crippen LogP contribution in [0.15, 0.2) is 0 Å². The van der Waals surface area contributed by atoms with Crippen LogP contribution in [0.3, 0.4) is 0 Å². The number of carbonyl (C=O) groups excluding carboxylic acids is 2. The van der Waals surface area contributed by atoms with Crippen LogP contribution >= 0.6 is 0 Å². The summed E-state index contributed by atoms with van der Waals surface area (Å²) in [5.41, 5.74) is 4.96. The Morgan fingerprint density at radius 3 is 2.11 bits per heavy atom. The summed E-state index contributed by atoms with van der Waals surface area (Å²) < 4.78 is 0. The molecule has 4 heteroatoms. The fourth-order valence-corrected chi connectivity index (χ4v) is 1.52. The van der Waals surface area contributed by atoms with E-state index in [0.29, 0.717) is 0 Å². The van der Waals surface area contributed by atoms with E-state index in [-0.39, 0.29) is 17.2 Å². The van der Waals surface area contributed by atoms with Gasteiger partial charge in [0.1, 0.15) is 0 Å². The Morgan fingerprint density at radius 1 is 1.28 bits per heavy atom. The van der Waals surface area contributed by atoms with E-state index >= 15 is 0 Å². The summed E-state index contributed by atoms with van der Waals surface area (Å²) >= 11 is 0. The van der Waals surface area contributed by atoms with Crippen LogP contribution in [0.5, 0.6) is 0 Å². The summed E-state index contributed by atoms with van der Waals surface area (Å²) in [5.74, 6) is 0.00740. The van der Waals surface area contributed by atoms with Gasteiger partial charge in [-0.1, -0.05) is 52.9 Å². The molecule has 0 spiro atoms. The molecule has 0 atom stereocenters. The molecule has 0 saturated carbocycles. The summed E-state index contributed by atoms with van der Waals surface area (Å²) in [4.78, 5) is 20.8. The predicted octanol–water partition coefficient (Wildman–Crippen LogP) is 2.36. The van der Waals surface area contributed by atoms with Gasteiger partial charge in [0.15, 0.2) is 0 Å². The number of amides is 2. The molecule has 4 nitrogen and oxygen atoms in total. The van der Waals surface area contributed by atoms with Crippen LogP contribution < -0.4 is 11.1 Å². The van der Waals surface area contributed by atoms with Crippen molar-refractivity contribution in [3.63, 3.8) is 0 Å². The Kier molecular flexibility index (Phi) is 8.42. The second kappa shape index (κ2) is 8.95. The van der Waals surface area contributed by atoms with E-state index in [2.05, 4.69) is 12.2 Å². The average Bonchev–Trinajstić information content (AvgIpc) is 2.26. The van der Waals surface area contributed by atoms with Crippen LogP contribution in [-0.2, 0) is 9.59 Å². The Hall–Kier alpha value is -1.06. The van der Waals surface area contributed by atoms with Crippen molar-refractivity contribution in [3.05, 3.63) is 0 Å². The van der Waals surface area contributed by atoms with Crippen molar-refractivity contribution in [1.82, 2.24) is 5.32 Å². The highest BCUT2D eigenvalue weighted by Crippen LogP contribution is 2.23. The lowest BCUT2D eigenvalue weighted by atomic mass is 9.86. The summed E-state index contributed by atoms with van der Waals surface area (Å²) in [6, 6.07) is 0. The van der Waals surface area contributed by atoms with E-state index in [1.54, 1.807) is 0 Å². The average molecular weight is 256 g/mol. The monoisotopic (exact) mass is 256 g/mol. The molecule has 1 saturated heterocycles. The number of hydrogen-bond donors (Lipinski definition) is 2. The van der Waals surface area contributed by atoms with Crippen LogP contribution in [0.1, 0.15) is 65.7 Å². The van der Waals surface area contributed by atoms with E-state index in [1.165, 1.54) is 25.7 Å². The number of primary amides is 1. The van der Waals surface area contributed by atoms with Crippen LogP contribution in [0.2, 0.25) is 0 Å². The normalized spacial score (nSPS) is 14.1. The molecule has 1 aliphatic rings. The summed E-state index contributed by atoms with van der Waals surface area (Å²) in [6.07, 6.45) is 7.86. The first-order valence-corrected chi connectivity index (χ1v) is 6.96. The largest absolute Gasteiger partial charge is 0.369 e. The summed E-state index contributed by atoms with van der Waals surface area (Å²) in [7, 11) is 0. The molecule has 0 aromatic rings. The van der Waals surface area contributed by atoms with Crippen molar-refractivity contribution in [3.8, 4) is 0 Å². The molecule has 1 heterocycles. The molecule has 18 heavy (non-hydrogen) atoms. The Balaban J connectivity index is 0.000000473. The molecular weight excluding hydrogens is 228 g/mol. The molecule has 1 rings (SSSR count). The Labute approximate surface area is 111 Å². The van der Waals surface area contributed by atoms with Gasteiger partial charge in [0, 0.05) is 18.4 Å². The standard InChI is InChI=1S/C11H23NO.C3H5NO/c1-4-5-6-7-8-9-11(2,3)10(12)13;5-3-1-2-4-3/h4-9H2,1-3H3,(H2,12,13);1-2H2,(H,4,5). The quantitative estimate of drug-likeness (QED) is 0.542. The lowest BCUT2D eigenvalue weighted by Gasteiger charge is -2.19. The van der Waals surface area contributed by atoms with Crippen LogP contribution in [-0.4, -0.2) is 18.4 Å². The van der Waals surface area contributed by atoms with Gasteiger partial charge in [0.25, 0.3) is 0 Å². The third-order valence-electron chi connectivity index (χ3n) is 3.25. The first kappa shape index (κ1) is 16.9. The molecule has 1 fully saturated rings. The first-order valence-electron chi connectivity index (χ1n) is 6.96. The maximum absolute atomic E-state index is 11.0. The number of nitrogens with two attached hydrogens (primary N) is 1. The van der Waals surface area contributed by atoms with Gasteiger partial charge in [-0.2, -0.15) is 0 Å². The SMILES string of the molecule is CCCCCCCC(C)(C)C(N)=O.O=C1CCN1. The van der Waals surface area contributed by atoms with Crippen molar-refractivity contribution in [2.45, 2.75) is 65.7 Å². The van der Waals surface area contributed by atoms with Gasteiger partial charge in [0.2, 0.25) is 11.8 Å². The molecule has 0 bridgehead atoms. The first-order chi connectivity index (χ1) is 8.40. The third kappa shape index (κ3) is 8.09. The molecule has 1 aliphatic heterocycles. The summed E-state index contributed by atoms with van der Waals surface area (Å²) in [6.45, 7) is 6.94. The molecule has 2 amide bonds. The van der Waals surface area contributed by atoms with E-state index in [1.807, 2.05) is 13.8 Å². The molecule has 3 N–H and O–H groups in total. The number of hydrogen-bond acceptors (Lipinski definition) is 2. The van der Waals surface area contributed by atoms with Gasteiger partial charge >= 0.3 is 0 Å². The van der Waals surface area contributed by atoms with Gasteiger partial charge in [0.05, 0.1) is 0 Å². The minimum Gasteiger partial charge on any atom is -0.369 e. The van der Waals surface area contributed by atoms with Crippen molar-refractivity contribution in [2.75, 3.05) is 6.54 Å². The highest BCUT2D eigenvalue weighted by Gasteiger charge is 2.23. The minimum absolute atomic E-state index is 0.178. The zero-order valence-corrected chi connectivity index (χ0v) is 12.1. The zero-order chi connectivity index (χ0) is 14.0. The fraction of sp³-hybridized carbons (Fsp3) is 0.857. The van der Waals surface area contributed by atoms with Crippen LogP contribution in [0.25, 0.3) is 0 Å². The molecule has 0 radical (unpaired) electrons. The Morgan fingerprint density at radius 2 is 1.78 bits per heavy atom. The number of β-lactam (4-membered cyclic amide) rings is 1. The van der Waals surface area contributed by atoms with E-state index in [4.69, 9.17) is 5.73 Å². The predicted molar refractivity (Wildman–Crippen MR) is 74.0 cm³/mol. The molecule has 0 aromatic heterocycles. The van der Waals surface area contributed by atoms with Crippen LogP contribution in [0.4, 0.5) is 0 Å². The van der Waals surface area contributed by atoms with Gasteiger partial charge in [-0.15, -0.1) is 0 Å². The second-order valence-corrected chi connectivity index (χ2v) is 5.51. The maximum atomic E-state index is 11.0. The molecule has 106 valence electrons. The van der Waals surface area contributed by atoms with E-state index in [0.717, 1.165) is 25.8 Å². The van der Waals surface area contributed by atoms with Crippen molar-refractivity contribution < 1.29 is 9.59 Å².